The molecule has 80 valence electrons. The van der Waals surface area contributed by atoms with Crippen LogP contribution in [0.2, 0.25) is 0 Å². The molecule has 0 amide bonds. The van der Waals surface area contributed by atoms with Crippen LogP contribution in [0, 0.1) is 11.3 Å². The minimum absolute atomic E-state index is 0.392. The first-order valence-corrected chi connectivity index (χ1v) is 5.91. The van der Waals surface area contributed by atoms with Gasteiger partial charge in [0.25, 0.3) is 0 Å². The summed E-state index contributed by atoms with van der Waals surface area (Å²) in [6, 6.07) is 7.58. The van der Waals surface area contributed by atoms with Gasteiger partial charge in [0, 0.05) is 10.7 Å². The third-order valence-corrected chi connectivity index (χ3v) is 3.32. The van der Waals surface area contributed by atoms with Gasteiger partial charge in [-0.05, 0) is 44.0 Å². The third kappa shape index (κ3) is 1.84. The van der Waals surface area contributed by atoms with Crippen molar-refractivity contribution in [2.45, 2.75) is 0 Å². The average Bonchev–Trinajstić information content (AvgIpc) is 2.59. The predicted octanol–water partition coefficient (Wildman–Crippen LogP) is 2.85. The highest BCUT2D eigenvalue weighted by Gasteiger charge is 2.10. The molecule has 0 aliphatic rings. The molecule has 6 heteroatoms. The molecule has 0 radical (unpaired) electrons. The van der Waals surface area contributed by atoms with E-state index in [1.54, 1.807) is 10.9 Å². The van der Waals surface area contributed by atoms with E-state index < -0.39 is 0 Å². The maximum Gasteiger partial charge on any atom is 0.160 e. The second-order valence-corrected chi connectivity index (χ2v) is 4.76. The standard InChI is InChI=1S/C10H6Br2N4/c11-7-2-1-3-9(6(7)4-13)16-5-8(12)10(14)15-16/h1-3,5H,(H2,14,15). The lowest BCUT2D eigenvalue weighted by molar-refractivity contribution is 0.881. The van der Waals surface area contributed by atoms with E-state index in [2.05, 4.69) is 43.0 Å². The Balaban J connectivity index is 2.65. The predicted molar refractivity (Wildman–Crippen MR) is 68.1 cm³/mol. The number of rotatable bonds is 1. The Morgan fingerprint density at radius 1 is 1.31 bits per heavy atom. The molecule has 0 spiro atoms. The Kier molecular flexibility index (Phi) is 2.99. The van der Waals surface area contributed by atoms with E-state index in [-0.39, 0.29) is 0 Å². The molecule has 0 fully saturated rings. The summed E-state index contributed by atoms with van der Waals surface area (Å²) in [6.07, 6.45) is 1.72. The molecule has 2 rings (SSSR count). The highest BCUT2D eigenvalue weighted by Crippen LogP contribution is 2.25. The second-order valence-electron chi connectivity index (χ2n) is 3.05. The van der Waals surface area contributed by atoms with Crippen molar-refractivity contribution in [2.75, 3.05) is 5.73 Å². The van der Waals surface area contributed by atoms with Crippen molar-refractivity contribution in [1.82, 2.24) is 9.78 Å². The van der Waals surface area contributed by atoms with Crippen LogP contribution < -0.4 is 5.73 Å². The molecule has 1 heterocycles. The Labute approximate surface area is 109 Å². The van der Waals surface area contributed by atoms with Crippen molar-refractivity contribution in [3.05, 3.63) is 38.9 Å². The molecule has 0 atom stereocenters. The molecule has 0 saturated carbocycles. The number of nitrogens with zero attached hydrogens (tertiary/aromatic N) is 3. The van der Waals surface area contributed by atoms with Gasteiger partial charge in [-0.1, -0.05) is 6.07 Å². The van der Waals surface area contributed by atoms with E-state index in [0.29, 0.717) is 21.5 Å². The monoisotopic (exact) mass is 340 g/mol. The molecule has 2 N–H and O–H groups in total. The number of benzene rings is 1. The Bertz CT molecular complexity index is 563. The fourth-order valence-electron chi connectivity index (χ4n) is 1.30. The smallest absolute Gasteiger partial charge is 0.160 e. The van der Waals surface area contributed by atoms with Crippen molar-refractivity contribution in [2.24, 2.45) is 0 Å². The lowest BCUT2D eigenvalue weighted by Gasteiger charge is -2.04. The SMILES string of the molecule is N#Cc1c(Br)cccc1-n1cc(Br)c(N)n1. The van der Waals surface area contributed by atoms with E-state index in [1.807, 2.05) is 18.2 Å². The maximum atomic E-state index is 9.07. The molecule has 0 aliphatic carbocycles. The molecule has 0 saturated heterocycles. The second kappa shape index (κ2) is 4.28. The van der Waals surface area contributed by atoms with E-state index in [9.17, 15) is 0 Å². The number of hydrogen-bond acceptors (Lipinski definition) is 3. The highest BCUT2D eigenvalue weighted by molar-refractivity contribution is 9.10. The summed E-state index contributed by atoms with van der Waals surface area (Å²) in [4.78, 5) is 0. The van der Waals surface area contributed by atoms with Crippen LogP contribution in [0.5, 0.6) is 0 Å². The van der Waals surface area contributed by atoms with Crippen LogP contribution in [0.15, 0.2) is 33.3 Å². The number of anilines is 1. The van der Waals surface area contributed by atoms with Gasteiger partial charge in [0.15, 0.2) is 5.82 Å². The van der Waals surface area contributed by atoms with Gasteiger partial charge in [-0.3, -0.25) is 0 Å². The first-order valence-electron chi connectivity index (χ1n) is 4.33. The van der Waals surface area contributed by atoms with Crippen LogP contribution in [0.25, 0.3) is 5.69 Å². The minimum Gasteiger partial charge on any atom is -0.381 e. The third-order valence-electron chi connectivity index (χ3n) is 2.05. The number of nitrogens with two attached hydrogens (primary N) is 1. The zero-order valence-electron chi connectivity index (χ0n) is 7.98. The Morgan fingerprint density at radius 3 is 2.62 bits per heavy atom. The van der Waals surface area contributed by atoms with Gasteiger partial charge in [-0.15, -0.1) is 5.10 Å². The Morgan fingerprint density at radius 2 is 2.06 bits per heavy atom. The van der Waals surface area contributed by atoms with Crippen LogP contribution in [-0.4, -0.2) is 9.78 Å². The number of nitriles is 1. The van der Waals surface area contributed by atoms with Crippen LogP contribution in [0.3, 0.4) is 0 Å². The topological polar surface area (TPSA) is 67.6 Å². The van der Waals surface area contributed by atoms with E-state index >= 15 is 0 Å². The number of hydrogen-bond donors (Lipinski definition) is 1. The lowest BCUT2D eigenvalue weighted by atomic mass is 10.2. The van der Waals surface area contributed by atoms with Crippen LogP contribution in [0.4, 0.5) is 5.82 Å². The fraction of sp³-hybridized carbons (Fsp3) is 0. The number of aromatic nitrogens is 2. The van der Waals surface area contributed by atoms with E-state index in [4.69, 9.17) is 11.0 Å². The van der Waals surface area contributed by atoms with Crippen molar-refractivity contribution in [3.8, 4) is 11.8 Å². The van der Waals surface area contributed by atoms with Crippen molar-refractivity contribution < 1.29 is 0 Å². The summed E-state index contributed by atoms with van der Waals surface area (Å²) in [5, 5.41) is 13.2. The Hall–Kier alpha value is -1.32. The zero-order valence-corrected chi connectivity index (χ0v) is 11.2. The quantitative estimate of drug-likeness (QED) is 0.867. The van der Waals surface area contributed by atoms with Crippen molar-refractivity contribution >= 4 is 37.7 Å². The average molecular weight is 342 g/mol. The molecule has 0 unspecified atom stereocenters. The molecule has 1 aromatic carbocycles. The zero-order chi connectivity index (χ0) is 11.7. The van der Waals surface area contributed by atoms with Gasteiger partial charge in [0.05, 0.1) is 15.7 Å². The van der Waals surface area contributed by atoms with Gasteiger partial charge in [-0.25, -0.2) is 4.68 Å². The number of nitrogen functional groups attached to an aromatic ring is 1. The van der Waals surface area contributed by atoms with Crippen LogP contribution in [-0.2, 0) is 0 Å². The summed E-state index contributed by atoms with van der Waals surface area (Å²) in [7, 11) is 0. The van der Waals surface area contributed by atoms with Gasteiger partial charge < -0.3 is 5.73 Å². The van der Waals surface area contributed by atoms with E-state index in [0.717, 1.165) is 4.47 Å². The summed E-state index contributed by atoms with van der Waals surface area (Å²) in [6.45, 7) is 0. The summed E-state index contributed by atoms with van der Waals surface area (Å²) >= 11 is 6.60. The summed E-state index contributed by atoms with van der Waals surface area (Å²) in [5.41, 5.74) is 6.85. The molecule has 1 aromatic heterocycles. The van der Waals surface area contributed by atoms with Gasteiger partial charge >= 0.3 is 0 Å². The fourth-order valence-corrected chi connectivity index (χ4v) is 2.02. The molecule has 0 bridgehead atoms. The summed E-state index contributed by atoms with van der Waals surface area (Å²) < 4.78 is 3.01. The largest absolute Gasteiger partial charge is 0.381 e. The molecule has 0 aliphatic heterocycles. The lowest BCUT2D eigenvalue weighted by Crippen LogP contribution is -1.99. The molecular formula is C10H6Br2N4. The molecular weight excluding hydrogens is 336 g/mol. The molecule has 4 nitrogen and oxygen atoms in total. The first kappa shape index (κ1) is 11.2. The van der Waals surface area contributed by atoms with E-state index in [1.165, 1.54) is 0 Å². The van der Waals surface area contributed by atoms with Gasteiger partial charge in [0.2, 0.25) is 0 Å². The van der Waals surface area contributed by atoms with Crippen LogP contribution in [0.1, 0.15) is 5.56 Å². The first-order chi connectivity index (χ1) is 7.63. The minimum atomic E-state index is 0.392. The van der Waals surface area contributed by atoms with Crippen molar-refractivity contribution in [3.63, 3.8) is 0 Å². The maximum absolute atomic E-state index is 9.07. The highest BCUT2D eigenvalue weighted by atomic mass is 79.9. The molecule has 2 aromatic rings. The number of halogens is 2. The van der Waals surface area contributed by atoms with Crippen LogP contribution >= 0.6 is 31.9 Å². The van der Waals surface area contributed by atoms with Gasteiger partial charge in [0.1, 0.15) is 6.07 Å². The normalized spacial score (nSPS) is 10.1. The molecule has 16 heavy (non-hydrogen) atoms. The van der Waals surface area contributed by atoms with Gasteiger partial charge in [-0.2, -0.15) is 5.26 Å². The van der Waals surface area contributed by atoms with Crippen molar-refractivity contribution in [1.29, 1.82) is 5.26 Å². The summed E-state index contributed by atoms with van der Waals surface area (Å²) in [5.74, 6) is 0.392.